The number of hydrogen-bond acceptors (Lipinski definition) is 6. The van der Waals surface area contributed by atoms with Gasteiger partial charge in [0.2, 0.25) is 0 Å². The van der Waals surface area contributed by atoms with E-state index in [1.54, 1.807) is 22.4 Å². The monoisotopic (exact) mass is 409 g/mol. The van der Waals surface area contributed by atoms with Gasteiger partial charge in [0, 0.05) is 37.8 Å². The van der Waals surface area contributed by atoms with Gasteiger partial charge < -0.3 is 10.1 Å². The van der Waals surface area contributed by atoms with E-state index in [4.69, 9.17) is 4.74 Å². The number of amides is 2. The normalized spacial score (nSPS) is 13.6. The van der Waals surface area contributed by atoms with Gasteiger partial charge >= 0.3 is 6.03 Å². The molecule has 1 aliphatic rings. The van der Waals surface area contributed by atoms with E-state index >= 15 is 0 Å². The summed E-state index contributed by atoms with van der Waals surface area (Å²) in [4.78, 5) is 25.7. The maximum absolute atomic E-state index is 11.9. The van der Waals surface area contributed by atoms with Gasteiger partial charge in [0.05, 0.1) is 4.88 Å². The Bertz CT molecular complexity index is 1010. The fourth-order valence-corrected chi connectivity index (χ4v) is 4.12. The number of anilines is 3. The summed E-state index contributed by atoms with van der Waals surface area (Å²) in [6.07, 6.45) is 3.59. The van der Waals surface area contributed by atoms with Gasteiger partial charge in [-0.3, -0.25) is 9.80 Å². The SMILES string of the molecule is CCOCN(c1ncc(-c2ccnc(N3CCNC3=O)c2)s1)c1ccccc1C. The summed E-state index contributed by atoms with van der Waals surface area (Å²) in [5.74, 6) is 0.650. The number of carbonyl (C=O) groups excluding carboxylic acids is 1. The third-order valence-corrected chi connectivity index (χ3v) is 5.79. The second kappa shape index (κ2) is 8.59. The molecule has 0 aliphatic carbocycles. The Kier molecular flexibility index (Phi) is 5.73. The molecule has 0 radical (unpaired) electrons. The first-order valence-corrected chi connectivity index (χ1v) is 10.4. The largest absolute Gasteiger partial charge is 0.361 e. The molecule has 1 N–H and O–H groups in total. The van der Waals surface area contributed by atoms with Crippen molar-refractivity contribution in [2.75, 3.05) is 36.2 Å². The molecule has 1 fully saturated rings. The van der Waals surface area contributed by atoms with Crippen LogP contribution >= 0.6 is 11.3 Å². The number of urea groups is 1. The maximum Gasteiger partial charge on any atom is 0.323 e. The van der Waals surface area contributed by atoms with Crippen molar-refractivity contribution in [1.29, 1.82) is 0 Å². The van der Waals surface area contributed by atoms with Crippen LogP contribution in [0.25, 0.3) is 10.4 Å². The minimum atomic E-state index is -0.109. The Balaban J connectivity index is 1.64. The highest BCUT2D eigenvalue weighted by atomic mass is 32.1. The zero-order valence-electron chi connectivity index (χ0n) is 16.5. The zero-order chi connectivity index (χ0) is 20.2. The van der Waals surface area contributed by atoms with Crippen molar-refractivity contribution in [2.24, 2.45) is 0 Å². The number of benzene rings is 1. The summed E-state index contributed by atoms with van der Waals surface area (Å²) in [6.45, 7) is 6.39. The fraction of sp³-hybridized carbons (Fsp3) is 0.286. The van der Waals surface area contributed by atoms with Gasteiger partial charge in [-0.25, -0.2) is 14.8 Å². The third-order valence-electron chi connectivity index (χ3n) is 4.72. The van der Waals surface area contributed by atoms with Crippen LogP contribution in [-0.4, -0.2) is 42.4 Å². The molecule has 4 rings (SSSR count). The number of pyridine rings is 1. The van der Waals surface area contributed by atoms with Gasteiger partial charge in [-0.05, 0) is 43.2 Å². The fourth-order valence-electron chi connectivity index (χ4n) is 3.21. The Hall–Kier alpha value is -2.97. The van der Waals surface area contributed by atoms with E-state index in [0.29, 0.717) is 32.2 Å². The van der Waals surface area contributed by atoms with Crippen LogP contribution < -0.4 is 15.1 Å². The Labute approximate surface area is 174 Å². The maximum atomic E-state index is 11.9. The molecule has 0 atom stereocenters. The summed E-state index contributed by atoms with van der Waals surface area (Å²) in [7, 11) is 0. The van der Waals surface area contributed by atoms with Crippen molar-refractivity contribution in [2.45, 2.75) is 13.8 Å². The first kappa shape index (κ1) is 19.4. The molecule has 29 heavy (non-hydrogen) atoms. The Morgan fingerprint density at radius 1 is 1.28 bits per heavy atom. The minimum absolute atomic E-state index is 0.109. The van der Waals surface area contributed by atoms with Crippen molar-refractivity contribution in [3.8, 4) is 10.4 Å². The molecule has 0 spiro atoms. The molecule has 1 aliphatic heterocycles. The molecule has 7 nitrogen and oxygen atoms in total. The van der Waals surface area contributed by atoms with Gasteiger partial charge in [0.25, 0.3) is 0 Å². The number of aromatic nitrogens is 2. The van der Waals surface area contributed by atoms with E-state index in [1.165, 1.54) is 0 Å². The van der Waals surface area contributed by atoms with E-state index in [1.807, 2.05) is 37.4 Å². The number of aryl methyl sites for hydroxylation is 1. The van der Waals surface area contributed by atoms with E-state index in [9.17, 15) is 4.79 Å². The number of ether oxygens (including phenoxy) is 1. The lowest BCUT2D eigenvalue weighted by Crippen LogP contribution is -2.28. The van der Waals surface area contributed by atoms with Crippen molar-refractivity contribution < 1.29 is 9.53 Å². The van der Waals surface area contributed by atoms with Gasteiger partial charge in [0.1, 0.15) is 12.5 Å². The second-order valence-corrected chi connectivity index (χ2v) is 7.64. The smallest absolute Gasteiger partial charge is 0.323 e. The van der Waals surface area contributed by atoms with Crippen molar-refractivity contribution in [1.82, 2.24) is 15.3 Å². The molecule has 8 heteroatoms. The lowest BCUT2D eigenvalue weighted by atomic mass is 10.2. The molecule has 1 saturated heterocycles. The summed E-state index contributed by atoms with van der Waals surface area (Å²) in [5.41, 5.74) is 3.22. The topological polar surface area (TPSA) is 70.6 Å². The van der Waals surface area contributed by atoms with Gasteiger partial charge in [0.15, 0.2) is 5.13 Å². The highest BCUT2D eigenvalue weighted by Crippen LogP contribution is 2.36. The van der Waals surface area contributed by atoms with Gasteiger partial charge in [-0.2, -0.15) is 0 Å². The lowest BCUT2D eigenvalue weighted by Gasteiger charge is -2.23. The molecule has 150 valence electrons. The van der Waals surface area contributed by atoms with E-state index in [0.717, 1.165) is 26.8 Å². The van der Waals surface area contributed by atoms with Crippen LogP contribution in [0, 0.1) is 6.92 Å². The summed E-state index contributed by atoms with van der Waals surface area (Å²) < 4.78 is 5.70. The van der Waals surface area contributed by atoms with Gasteiger partial charge in [-0.1, -0.05) is 29.5 Å². The van der Waals surface area contributed by atoms with Crippen LogP contribution in [-0.2, 0) is 4.74 Å². The molecule has 3 aromatic rings. The lowest BCUT2D eigenvalue weighted by molar-refractivity contribution is 0.154. The predicted octanol–water partition coefficient (Wildman–Crippen LogP) is 4.18. The first-order valence-electron chi connectivity index (χ1n) is 9.56. The highest BCUT2D eigenvalue weighted by molar-refractivity contribution is 7.19. The number of rotatable bonds is 7. The zero-order valence-corrected chi connectivity index (χ0v) is 17.3. The average Bonchev–Trinajstić information content (AvgIpc) is 3.39. The standard InChI is InChI=1S/C21H23N5O2S/c1-3-28-14-26(17-7-5-4-6-15(17)2)21-24-13-18(29-21)16-8-9-22-19(12-16)25-11-10-23-20(25)27/h4-9,12-13H,3,10-11,14H2,1-2H3,(H,23,27). The average molecular weight is 410 g/mol. The summed E-state index contributed by atoms with van der Waals surface area (Å²) in [6, 6.07) is 12.0. The van der Waals surface area contributed by atoms with Crippen LogP contribution in [0.1, 0.15) is 12.5 Å². The molecule has 2 amide bonds. The first-order chi connectivity index (χ1) is 14.2. The number of thiazole rings is 1. The van der Waals surface area contributed by atoms with Crippen LogP contribution in [0.15, 0.2) is 48.8 Å². The highest BCUT2D eigenvalue weighted by Gasteiger charge is 2.23. The Morgan fingerprint density at radius 2 is 2.14 bits per heavy atom. The van der Waals surface area contributed by atoms with Crippen LogP contribution in [0.2, 0.25) is 0 Å². The molecule has 2 aromatic heterocycles. The van der Waals surface area contributed by atoms with Crippen molar-refractivity contribution in [3.05, 3.63) is 54.4 Å². The quantitative estimate of drug-likeness (QED) is 0.593. The summed E-state index contributed by atoms with van der Waals surface area (Å²) in [5, 5.41) is 3.67. The van der Waals surface area contributed by atoms with E-state index < -0.39 is 0 Å². The van der Waals surface area contributed by atoms with Crippen molar-refractivity contribution >= 4 is 34.0 Å². The third kappa shape index (κ3) is 4.08. The predicted molar refractivity (Wildman–Crippen MR) is 116 cm³/mol. The molecule has 0 saturated carbocycles. The number of nitrogens with zero attached hydrogens (tertiary/aromatic N) is 4. The van der Waals surface area contributed by atoms with Crippen LogP contribution in [0.4, 0.5) is 21.4 Å². The molecule has 1 aromatic carbocycles. The molecular formula is C21H23N5O2S. The van der Waals surface area contributed by atoms with E-state index in [2.05, 4.69) is 39.2 Å². The minimum Gasteiger partial charge on any atom is -0.361 e. The van der Waals surface area contributed by atoms with Crippen LogP contribution in [0.3, 0.4) is 0 Å². The van der Waals surface area contributed by atoms with E-state index in [-0.39, 0.29) is 6.03 Å². The number of nitrogens with one attached hydrogen (secondary N) is 1. The second-order valence-electron chi connectivity index (χ2n) is 6.63. The molecule has 3 heterocycles. The van der Waals surface area contributed by atoms with Gasteiger partial charge in [-0.15, -0.1) is 0 Å². The molecular weight excluding hydrogens is 386 g/mol. The Morgan fingerprint density at radius 3 is 2.90 bits per heavy atom. The number of hydrogen-bond donors (Lipinski definition) is 1. The molecule has 0 unspecified atom stereocenters. The van der Waals surface area contributed by atoms with Crippen molar-refractivity contribution in [3.63, 3.8) is 0 Å². The number of carbonyl (C=O) groups is 1. The van der Waals surface area contributed by atoms with Crippen LogP contribution in [0.5, 0.6) is 0 Å². The molecule has 0 bridgehead atoms. The summed E-state index contributed by atoms with van der Waals surface area (Å²) >= 11 is 1.59. The number of para-hydroxylation sites is 1.